The van der Waals surface area contributed by atoms with Gasteiger partial charge in [0.25, 0.3) is 0 Å². The van der Waals surface area contributed by atoms with Crippen LogP contribution in [0.1, 0.15) is 17.3 Å². The maximum atomic E-state index is 11.9. The van der Waals surface area contributed by atoms with Crippen molar-refractivity contribution < 1.29 is 23.8 Å². The van der Waals surface area contributed by atoms with E-state index in [2.05, 4.69) is 5.32 Å². The fourth-order valence-electron chi connectivity index (χ4n) is 1.92. The number of nitrogens with one attached hydrogen (secondary N) is 1. The summed E-state index contributed by atoms with van der Waals surface area (Å²) in [6.07, 6.45) is -0.714. The van der Waals surface area contributed by atoms with Crippen LogP contribution in [0.2, 0.25) is 5.02 Å². The molecule has 2 aromatic carbocycles. The molecule has 2 rings (SSSR count). The molecule has 0 bridgehead atoms. The third-order valence-electron chi connectivity index (χ3n) is 2.97. The summed E-state index contributed by atoms with van der Waals surface area (Å²) in [5, 5.41) is 2.66. The standard InChI is InChI=1S/C17H16ClNO5/c1-3-23-16(20)12-9-13(18)14(10-15(12)22-2)19-17(21)24-11-7-5-4-6-8-11/h4-10H,3H2,1-2H3,(H,19,21). The van der Waals surface area contributed by atoms with Crippen LogP contribution in [-0.4, -0.2) is 25.8 Å². The molecule has 1 amide bonds. The molecule has 0 aromatic heterocycles. The maximum Gasteiger partial charge on any atom is 0.417 e. The van der Waals surface area contributed by atoms with E-state index in [4.69, 9.17) is 25.8 Å². The van der Waals surface area contributed by atoms with E-state index in [0.717, 1.165) is 0 Å². The first-order valence-electron chi connectivity index (χ1n) is 7.13. The van der Waals surface area contributed by atoms with Crippen LogP contribution < -0.4 is 14.8 Å². The lowest BCUT2D eigenvalue weighted by Gasteiger charge is -2.13. The second kappa shape index (κ2) is 8.21. The Balaban J connectivity index is 2.18. The van der Waals surface area contributed by atoms with Crippen molar-refractivity contribution in [3.05, 3.63) is 53.1 Å². The topological polar surface area (TPSA) is 73.9 Å². The third kappa shape index (κ3) is 4.39. The first-order valence-corrected chi connectivity index (χ1v) is 7.51. The van der Waals surface area contributed by atoms with E-state index in [1.807, 2.05) is 0 Å². The van der Waals surface area contributed by atoms with E-state index in [9.17, 15) is 9.59 Å². The van der Waals surface area contributed by atoms with Crippen LogP contribution in [0.5, 0.6) is 11.5 Å². The van der Waals surface area contributed by atoms with Gasteiger partial charge in [0.2, 0.25) is 0 Å². The summed E-state index contributed by atoms with van der Waals surface area (Å²) in [7, 11) is 1.40. The average molecular weight is 350 g/mol. The molecule has 0 saturated carbocycles. The van der Waals surface area contributed by atoms with E-state index >= 15 is 0 Å². The van der Waals surface area contributed by atoms with Crippen LogP contribution in [0, 0.1) is 0 Å². The quantitative estimate of drug-likeness (QED) is 0.821. The van der Waals surface area contributed by atoms with Crippen LogP contribution in [0.25, 0.3) is 0 Å². The molecule has 0 fully saturated rings. The Morgan fingerprint density at radius 3 is 2.50 bits per heavy atom. The van der Waals surface area contributed by atoms with Gasteiger partial charge in [-0.05, 0) is 25.1 Å². The molecule has 126 valence electrons. The first-order chi connectivity index (χ1) is 11.5. The predicted molar refractivity (Wildman–Crippen MR) is 90.0 cm³/mol. The first kappa shape index (κ1) is 17.6. The van der Waals surface area contributed by atoms with Crippen molar-refractivity contribution in [2.75, 3.05) is 19.0 Å². The van der Waals surface area contributed by atoms with Gasteiger partial charge in [-0.3, -0.25) is 5.32 Å². The number of amides is 1. The smallest absolute Gasteiger partial charge is 0.417 e. The number of anilines is 1. The lowest BCUT2D eigenvalue weighted by molar-refractivity contribution is 0.0522. The van der Waals surface area contributed by atoms with Crippen molar-refractivity contribution in [2.24, 2.45) is 0 Å². The Kier molecular flexibility index (Phi) is 6.03. The molecular formula is C17H16ClNO5. The SMILES string of the molecule is CCOC(=O)c1cc(Cl)c(NC(=O)Oc2ccccc2)cc1OC. The summed E-state index contributed by atoms with van der Waals surface area (Å²) in [6, 6.07) is 11.4. The molecule has 7 heteroatoms. The largest absolute Gasteiger partial charge is 0.496 e. The maximum absolute atomic E-state index is 11.9. The summed E-state index contributed by atoms with van der Waals surface area (Å²) < 4.78 is 15.2. The lowest BCUT2D eigenvalue weighted by atomic mass is 10.2. The molecule has 6 nitrogen and oxygen atoms in total. The highest BCUT2D eigenvalue weighted by molar-refractivity contribution is 6.34. The van der Waals surface area contributed by atoms with E-state index in [1.165, 1.54) is 19.2 Å². The van der Waals surface area contributed by atoms with Gasteiger partial charge in [0.1, 0.15) is 17.1 Å². The highest BCUT2D eigenvalue weighted by Crippen LogP contribution is 2.31. The number of ether oxygens (including phenoxy) is 3. The zero-order valence-corrected chi connectivity index (χ0v) is 13.9. The molecule has 2 aromatic rings. The molecule has 24 heavy (non-hydrogen) atoms. The van der Waals surface area contributed by atoms with Gasteiger partial charge < -0.3 is 14.2 Å². The van der Waals surface area contributed by atoms with E-state index in [-0.39, 0.29) is 28.6 Å². The summed E-state index contributed by atoms with van der Waals surface area (Å²) in [6.45, 7) is 1.92. The Morgan fingerprint density at radius 2 is 1.88 bits per heavy atom. The minimum atomic E-state index is -0.714. The van der Waals surface area contributed by atoms with Crippen molar-refractivity contribution in [3.63, 3.8) is 0 Å². The monoisotopic (exact) mass is 349 g/mol. The number of rotatable bonds is 5. The number of carbonyl (C=O) groups is 2. The fraction of sp³-hybridized carbons (Fsp3) is 0.176. The van der Waals surface area contributed by atoms with Crippen LogP contribution in [0.4, 0.5) is 10.5 Å². The Morgan fingerprint density at radius 1 is 1.17 bits per heavy atom. The summed E-state index contributed by atoms with van der Waals surface area (Å²) in [5.41, 5.74) is 0.425. The van der Waals surface area contributed by atoms with E-state index in [1.54, 1.807) is 37.3 Å². The molecule has 0 saturated heterocycles. The van der Waals surface area contributed by atoms with Crippen molar-refractivity contribution in [1.82, 2.24) is 0 Å². The average Bonchev–Trinajstić information content (AvgIpc) is 2.57. The molecular weight excluding hydrogens is 334 g/mol. The van der Waals surface area contributed by atoms with Crippen LogP contribution in [0.3, 0.4) is 0 Å². The van der Waals surface area contributed by atoms with Crippen molar-refractivity contribution in [1.29, 1.82) is 0 Å². The summed E-state index contributed by atoms with van der Waals surface area (Å²) >= 11 is 6.12. The van der Waals surface area contributed by atoms with Gasteiger partial charge in [-0.15, -0.1) is 0 Å². The van der Waals surface area contributed by atoms with Gasteiger partial charge in [0.05, 0.1) is 24.4 Å². The Bertz CT molecular complexity index is 733. The van der Waals surface area contributed by atoms with Gasteiger partial charge in [-0.25, -0.2) is 9.59 Å². The third-order valence-corrected chi connectivity index (χ3v) is 3.29. The van der Waals surface area contributed by atoms with Gasteiger partial charge >= 0.3 is 12.1 Å². The fourth-order valence-corrected chi connectivity index (χ4v) is 2.13. The molecule has 0 aliphatic heterocycles. The number of para-hydroxylation sites is 1. The molecule has 1 N–H and O–H groups in total. The molecule has 0 radical (unpaired) electrons. The summed E-state index contributed by atoms with van der Waals surface area (Å²) in [4.78, 5) is 23.8. The number of carbonyl (C=O) groups excluding carboxylic acids is 2. The van der Waals surface area contributed by atoms with Gasteiger partial charge in [0, 0.05) is 6.07 Å². The number of hydrogen-bond donors (Lipinski definition) is 1. The molecule has 0 heterocycles. The van der Waals surface area contributed by atoms with Crippen molar-refractivity contribution in [3.8, 4) is 11.5 Å². The second-order valence-electron chi connectivity index (χ2n) is 4.58. The van der Waals surface area contributed by atoms with Crippen molar-refractivity contribution >= 4 is 29.4 Å². The highest BCUT2D eigenvalue weighted by Gasteiger charge is 2.18. The number of methoxy groups -OCH3 is 1. The predicted octanol–water partition coefficient (Wildman–Crippen LogP) is 4.14. The lowest BCUT2D eigenvalue weighted by Crippen LogP contribution is -2.17. The van der Waals surface area contributed by atoms with Crippen LogP contribution >= 0.6 is 11.6 Å². The van der Waals surface area contributed by atoms with Crippen LogP contribution in [0.15, 0.2) is 42.5 Å². The minimum absolute atomic E-state index is 0.156. The van der Waals surface area contributed by atoms with Gasteiger partial charge in [-0.1, -0.05) is 29.8 Å². The summed E-state index contributed by atoms with van der Waals surface area (Å²) in [5.74, 6) is 0.0590. The van der Waals surface area contributed by atoms with Crippen LogP contribution in [-0.2, 0) is 4.74 Å². The molecule has 0 unspecified atom stereocenters. The molecule has 0 aliphatic carbocycles. The number of benzene rings is 2. The second-order valence-corrected chi connectivity index (χ2v) is 4.99. The zero-order chi connectivity index (χ0) is 17.5. The highest BCUT2D eigenvalue weighted by atomic mass is 35.5. The number of halogens is 1. The van der Waals surface area contributed by atoms with Crippen molar-refractivity contribution in [2.45, 2.75) is 6.92 Å². The van der Waals surface area contributed by atoms with E-state index < -0.39 is 12.1 Å². The molecule has 0 spiro atoms. The minimum Gasteiger partial charge on any atom is -0.496 e. The molecule has 0 aliphatic rings. The van der Waals surface area contributed by atoms with Gasteiger partial charge in [0.15, 0.2) is 0 Å². The number of hydrogen-bond acceptors (Lipinski definition) is 5. The Hall–Kier alpha value is -2.73. The zero-order valence-electron chi connectivity index (χ0n) is 13.2. The molecule has 0 atom stereocenters. The number of esters is 1. The van der Waals surface area contributed by atoms with E-state index in [0.29, 0.717) is 5.75 Å². The normalized spacial score (nSPS) is 9.96. The Labute approximate surface area is 144 Å². The van der Waals surface area contributed by atoms with Gasteiger partial charge in [-0.2, -0.15) is 0 Å².